The van der Waals surface area contributed by atoms with E-state index in [1.54, 1.807) is 17.5 Å². The van der Waals surface area contributed by atoms with Crippen LogP contribution in [-0.4, -0.2) is 33.1 Å². The van der Waals surface area contributed by atoms with Crippen LogP contribution in [0.4, 0.5) is 5.00 Å². The Labute approximate surface area is 195 Å². The van der Waals surface area contributed by atoms with Crippen molar-refractivity contribution in [2.24, 2.45) is 0 Å². The molecular weight excluding hydrogens is 436 g/mol. The number of fused-ring (bicyclic) bond motifs is 2. The Balaban J connectivity index is 1.48. The molecule has 0 bridgehead atoms. The second kappa shape index (κ2) is 8.78. The molecule has 0 aliphatic heterocycles. The van der Waals surface area contributed by atoms with Gasteiger partial charge in [0.05, 0.1) is 17.9 Å². The van der Waals surface area contributed by atoms with Gasteiger partial charge in [-0.3, -0.25) is 4.79 Å². The van der Waals surface area contributed by atoms with Gasteiger partial charge >= 0.3 is 5.97 Å². The molecule has 1 aliphatic rings. The van der Waals surface area contributed by atoms with Crippen LogP contribution >= 0.6 is 11.3 Å². The number of nitrogens with zero attached hydrogens (tertiary/aromatic N) is 3. The van der Waals surface area contributed by atoms with Crippen LogP contribution in [0.3, 0.4) is 0 Å². The lowest BCUT2D eigenvalue weighted by molar-refractivity contribution is 0.0526. The molecule has 3 heterocycles. The largest absolute Gasteiger partial charge is 0.462 e. The van der Waals surface area contributed by atoms with Crippen molar-refractivity contribution in [1.82, 2.24) is 14.6 Å². The van der Waals surface area contributed by atoms with E-state index >= 15 is 0 Å². The van der Waals surface area contributed by atoms with Gasteiger partial charge in [0.15, 0.2) is 11.3 Å². The highest BCUT2D eigenvalue weighted by atomic mass is 32.1. The average molecular weight is 461 g/mol. The maximum atomic E-state index is 13.1. The maximum Gasteiger partial charge on any atom is 0.341 e. The fourth-order valence-electron chi connectivity index (χ4n) is 4.23. The number of hydrogen-bond donors (Lipinski definition) is 1. The number of nitrogens with one attached hydrogen (secondary N) is 1. The fourth-order valence-corrected chi connectivity index (χ4v) is 5.51. The van der Waals surface area contributed by atoms with Crippen molar-refractivity contribution >= 4 is 33.9 Å². The molecule has 0 spiro atoms. The number of esters is 1. The van der Waals surface area contributed by atoms with Crippen molar-refractivity contribution in [1.29, 1.82) is 0 Å². The molecule has 168 valence electrons. The number of ether oxygens (including phenoxy) is 1. The monoisotopic (exact) mass is 460 g/mol. The van der Waals surface area contributed by atoms with Gasteiger partial charge in [-0.15, -0.1) is 11.3 Å². The summed E-state index contributed by atoms with van der Waals surface area (Å²) in [6.45, 7) is 4.00. The molecule has 3 aromatic heterocycles. The van der Waals surface area contributed by atoms with E-state index in [0.717, 1.165) is 53.1 Å². The maximum absolute atomic E-state index is 13.1. The Morgan fingerprint density at radius 3 is 2.73 bits per heavy atom. The molecule has 0 saturated heterocycles. The van der Waals surface area contributed by atoms with E-state index in [9.17, 15) is 9.59 Å². The van der Waals surface area contributed by atoms with E-state index in [4.69, 9.17) is 4.74 Å². The van der Waals surface area contributed by atoms with E-state index in [2.05, 4.69) is 15.4 Å². The first-order valence-corrected chi connectivity index (χ1v) is 11.9. The number of rotatable bonds is 5. The first-order chi connectivity index (χ1) is 16.0. The number of aryl methyl sites for hydroxylation is 2. The molecule has 1 amide bonds. The van der Waals surface area contributed by atoms with E-state index < -0.39 is 0 Å². The summed E-state index contributed by atoms with van der Waals surface area (Å²) in [5.74, 6) is -0.752. The molecule has 4 aromatic rings. The minimum atomic E-state index is -0.382. The Hall–Kier alpha value is -3.52. The lowest BCUT2D eigenvalue weighted by Crippen LogP contribution is -2.16. The van der Waals surface area contributed by atoms with Crippen LogP contribution in [0.5, 0.6) is 0 Å². The molecule has 0 atom stereocenters. The lowest BCUT2D eigenvalue weighted by Gasteiger charge is -2.12. The molecular formula is C25H24N4O3S. The van der Waals surface area contributed by atoms with Crippen LogP contribution in [-0.2, 0) is 17.6 Å². The predicted molar refractivity (Wildman–Crippen MR) is 128 cm³/mol. The summed E-state index contributed by atoms with van der Waals surface area (Å²) in [6.07, 6.45) is 3.87. The smallest absolute Gasteiger partial charge is 0.341 e. The Morgan fingerprint density at radius 2 is 1.94 bits per heavy atom. The quantitative estimate of drug-likeness (QED) is 0.420. The third kappa shape index (κ3) is 4.02. The van der Waals surface area contributed by atoms with Gasteiger partial charge in [-0.25, -0.2) is 14.3 Å². The van der Waals surface area contributed by atoms with E-state index in [0.29, 0.717) is 16.2 Å². The van der Waals surface area contributed by atoms with Crippen LogP contribution in [0.25, 0.3) is 16.9 Å². The van der Waals surface area contributed by atoms with E-state index in [-0.39, 0.29) is 24.2 Å². The first kappa shape index (κ1) is 21.3. The number of carbonyl (C=O) groups is 2. The van der Waals surface area contributed by atoms with Gasteiger partial charge in [-0.05, 0) is 51.2 Å². The summed E-state index contributed by atoms with van der Waals surface area (Å²) in [5, 5.41) is 7.93. The van der Waals surface area contributed by atoms with E-state index in [1.807, 2.05) is 43.3 Å². The zero-order valence-corrected chi connectivity index (χ0v) is 19.4. The van der Waals surface area contributed by atoms with Crippen molar-refractivity contribution in [3.05, 3.63) is 69.9 Å². The lowest BCUT2D eigenvalue weighted by atomic mass is 9.95. The van der Waals surface area contributed by atoms with Gasteiger partial charge in [-0.1, -0.05) is 30.3 Å². The molecule has 1 aliphatic carbocycles. The second-order valence-electron chi connectivity index (χ2n) is 8.04. The minimum absolute atomic E-state index is 0.247. The van der Waals surface area contributed by atoms with Gasteiger partial charge in [0.1, 0.15) is 5.00 Å². The minimum Gasteiger partial charge on any atom is -0.462 e. The Morgan fingerprint density at radius 1 is 1.15 bits per heavy atom. The molecule has 7 nitrogen and oxygen atoms in total. The van der Waals surface area contributed by atoms with Crippen LogP contribution in [0.15, 0.2) is 42.5 Å². The standard InChI is InChI=1S/C25H24N4O3S/c1-3-32-25(31)22-17-11-7-8-12-20(17)33-24(22)27-23(30)19-14-21-26-18(13-15(2)29(21)28-19)16-9-5-4-6-10-16/h4-6,9-10,13-14H,3,7-8,11-12H2,1-2H3,(H,27,30). The van der Waals surface area contributed by atoms with Crippen molar-refractivity contribution in [2.75, 3.05) is 11.9 Å². The molecule has 1 aromatic carbocycles. The molecule has 0 fully saturated rings. The fraction of sp³-hybridized carbons (Fsp3) is 0.280. The summed E-state index contributed by atoms with van der Waals surface area (Å²) >= 11 is 1.47. The molecule has 5 rings (SSSR count). The highest BCUT2D eigenvalue weighted by Gasteiger charge is 2.28. The van der Waals surface area contributed by atoms with Crippen LogP contribution < -0.4 is 5.32 Å². The zero-order chi connectivity index (χ0) is 22.9. The molecule has 8 heteroatoms. The molecule has 0 saturated carbocycles. The number of aromatic nitrogens is 3. The van der Waals surface area contributed by atoms with Gasteiger partial charge in [0, 0.05) is 22.2 Å². The number of benzene rings is 1. The third-order valence-electron chi connectivity index (χ3n) is 5.79. The third-order valence-corrected chi connectivity index (χ3v) is 6.99. The van der Waals surface area contributed by atoms with Gasteiger partial charge in [-0.2, -0.15) is 5.10 Å². The Kier molecular flexibility index (Phi) is 5.68. The number of anilines is 1. The van der Waals surface area contributed by atoms with E-state index in [1.165, 1.54) is 11.3 Å². The number of carbonyl (C=O) groups excluding carboxylic acids is 2. The number of amides is 1. The predicted octanol–water partition coefficient (Wildman–Crippen LogP) is 5.07. The SMILES string of the molecule is CCOC(=O)c1c(NC(=O)c2cc3nc(-c4ccccc4)cc(C)n3n2)sc2c1CCCC2. The molecule has 1 N–H and O–H groups in total. The Bertz CT molecular complexity index is 1360. The van der Waals surface area contributed by atoms with Crippen molar-refractivity contribution < 1.29 is 14.3 Å². The second-order valence-corrected chi connectivity index (χ2v) is 9.14. The van der Waals surface area contributed by atoms with Crippen molar-refractivity contribution in [3.8, 4) is 11.3 Å². The summed E-state index contributed by atoms with van der Waals surface area (Å²) < 4.78 is 6.95. The highest BCUT2D eigenvalue weighted by Crippen LogP contribution is 2.38. The van der Waals surface area contributed by atoms with Crippen LogP contribution in [0, 0.1) is 6.92 Å². The average Bonchev–Trinajstić information content (AvgIpc) is 3.41. The summed E-state index contributed by atoms with van der Waals surface area (Å²) in [5.41, 5.74) is 5.04. The number of hydrogen-bond acceptors (Lipinski definition) is 6. The van der Waals surface area contributed by atoms with Gasteiger partial charge < -0.3 is 10.1 Å². The zero-order valence-electron chi connectivity index (χ0n) is 18.6. The topological polar surface area (TPSA) is 85.6 Å². The molecule has 0 unspecified atom stereocenters. The molecule has 0 radical (unpaired) electrons. The van der Waals surface area contributed by atoms with Crippen molar-refractivity contribution in [3.63, 3.8) is 0 Å². The molecule has 33 heavy (non-hydrogen) atoms. The normalized spacial score (nSPS) is 13.0. The number of thiophene rings is 1. The van der Waals surface area contributed by atoms with Crippen molar-refractivity contribution in [2.45, 2.75) is 39.5 Å². The van der Waals surface area contributed by atoms with Crippen LogP contribution in [0.1, 0.15) is 56.7 Å². The summed E-state index contributed by atoms with van der Waals surface area (Å²) in [4.78, 5) is 31.7. The van der Waals surface area contributed by atoms with Gasteiger partial charge in [0.2, 0.25) is 0 Å². The summed E-state index contributed by atoms with van der Waals surface area (Å²) in [7, 11) is 0. The summed E-state index contributed by atoms with van der Waals surface area (Å²) in [6, 6.07) is 13.5. The highest BCUT2D eigenvalue weighted by molar-refractivity contribution is 7.17. The van der Waals surface area contributed by atoms with Gasteiger partial charge in [0.25, 0.3) is 5.91 Å². The first-order valence-electron chi connectivity index (χ1n) is 11.1. The van der Waals surface area contributed by atoms with Crippen LogP contribution in [0.2, 0.25) is 0 Å².